The van der Waals surface area contributed by atoms with Crippen molar-refractivity contribution in [3.8, 4) is 0 Å². The monoisotopic (exact) mass is 145 g/mol. The Bertz CT molecular complexity index is 279. The predicted molar refractivity (Wildman–Crippen MR) is 44.7 cm³/mol. The lowest BCUT2D eigenvalue weighted by molar-refractivity contribution is 1.03. The Morgan fingerprint density at radius 3 is 3.18 bits per heavy atom. The van der Waals surface area contributed by atoms with Crippen LogP contribution in [0.5, 0.6) is 0 Å². The van der Waals surface area contributed by atoms with E-state index in [1.54, 1.807) is 0 Å². The lowest BCUT2D eigenvalue weighted by atomic mass is 10.1. The molecule has 2 heteroatoms. The van der Waals surface area contributed by atoms with Crippen LogP contribution in [0.1, 0.15) is 5.56 Å². The van der Waals surface area contributed by atoms with Crippen molar-refractivity contribution in [3.63, 3.8) is 0 Å². The van der Waals surface area contributed by atoms with E-state index in [0.717, 1.165) is 12.1 Å². The standard InChI is InChI=1S/C9H9N2/c1-2-6-9-8(4-1)5-3-7-10-11-9/h1-4,6,10-11H,5H2. The zero-order valence-electron chi connectivity index (χ0n) is 6.09. The molecule has 0 amide bonds. The normalized spacial score (nSPS) is 14.2. The molecule has 1 aliphatic rings. The average Bonchev–Trinajstić information content (AvgIpc) is 2.28. The predicted octanol–water partition coefficient (Wildman–Crippen LogP) is 1.48. The van der Waals surface area contributed by atoms with Crippen LogP contribution >= 0.6 is 0 Å². The zero-order valence-corrected chi connectivity index (χ0v) is 6.09. The van der Waals surface area contributed by atoms with Crippen molar-refractivity contribution in [2.45, 2.75) is 6.42 Å². The highest BCUT2D eigenvalue weighted by molar-refractivity contribution is 5.51. The van der Waals surface area contributed by atoms with Crippen LogP contribution < -0.4 is 10.9 Å². The number of fused-ring (bicyclic) bond motifs is 1. The van der Waals surface area contributed by atoms with Gasteiger partial charge in [-0.1, -0.05) is 24.3 Å². The fourth-order valence-electron chi connectivity index (χ4n) is 1.14. The van der Waals surface area contributed by atoms with Gasteiger partial charge < -0.3 is 5.43 Å². The third kappa shape index (κ3) is 1.19. The minimum absolute atomic E-state index is 0.941. The molecule has 0 saturated heterocycles. The molecule has 2 rings (SSSR count). The molecule has 1 heterocycles. The highest BCUT2D eigenvalue weighted by atomic mass is 15.3. The summed E-state index contributed by atoms with van der Waals surface area (Å²) < 4.78 is 0. The number of hydrazine groups is 1. The molecule has 1 radical (unpaired) electrons. The first-order valence-electron chi connectivity index (χ1n) is 3.63. The number of rotatable bonds is 0. The second-order valence-electron chi connectivity index (χ2n) is 2.46. The highest BCUT2D eigenvalue weighted by Gasteiger charge is 1.99. The zero-order chi connectivity index (χ0) is 7.52. The molecule has 0 aromatic heterocycles. The van der Waals surface area contributed by atoms with Gasteiger partial charge in [-0.25, -0.2) is 0 Å². The Morgan fingerprint density at radius 1 is 1.27 bits per heavy atom. The van der Waals surface area contributed by atoms with E-state index in [9.17, 15) is 0 Å². The summed E-state index contributed by atoms with van der Waals surface area (Å²) in [7, 11) is 0. The largest absolute Gasteiger partial charge is 0.301 e. The van der Waals surface area contributed by atoms with Crippen molar-refractivity contribution in [2.24, 2.45) is 0 Å². The molecule has 0 atom stereocenters. The number of benzene rings is 1. The van der Waals surface area contributed by atoms with E-state index in [2.05, 4.69) is 23.1 Å². The van der Waals surface area contributed by atoms with Crippen molar-refractivity contribution in [1.82, 2.24) is 5.43 Å². The van der Waals surface area contributed by atoms with E-state index < -0.39 is 0 Å². The Hall–Kier alpha value is -1.44. The topological polar surface area (TPSA) is 24.1 Å². The molecule has 0 saturated carbocycles. The lowest BCUT2D eigenvalue weighted by Crippen LogP contribution is -2.13. The summed E-state index contributed by atoms with van der Waals surface area (Å²) in [4.78, 5) is 0. The van der Waals surface area contributed by atoms with Crippen molar-refractivity contribution in [2.75, 3.05) is 5.43 Å². The summed E-state index contributed by atoms with van der Waals surface area (Å²) in [6.07, 6.45) is 5.82. The molecule has 2 nitrogen and oxygen atoms in total. The van der Waals surface area contributed by atoms with Gasteiger partial charge in [0.05, 0.1) is 11.9 Å². The number of anilines is 1. The van der Waals surface area contributed by atoms with Gasteiger partial charge in [0, 0.05) is 0 Å². The van der Waals surface area contributed by atoms with E-state index in [0.29, 0.717) is 0 Å². The smallest absolute Gasteiger partial charge is 0.0749 e. The first-order valence-corrected chi connectivity index (χ1v) is 3.63. The van der Waals surface area contributed by atoms with Crippen LogP contribution in [0.2, 0.25) is 0 Å². The maximum atomic E-state index is 3.03. The molecule has 1 aliphatic heterocycles. The van der Waals surface area contributed by atoms with E-state index in [4.69, 9.17) is 0 Å². The van der Waals surface area contributed by atoms with E-state index >= 15 is 0 Å². The van der Waals surface area contributed by atoms with Gasteiger partial charge in [0.1, 0.15) is 0 Å². The maximum absolute atomic E-state index is 3.03. The fourth-order valence-corrected chi connectivity index (χ4v) is 1.14. The molecule has 11 heavy (non-hydrogen) atoms. The molecule has 0 aliphatic carbocycles. The van der Waals surface area contributed by atoms with Crippen molar-refractivity contribution in [1.29, 1.82) is 0 Å². The minimum Gasteiger partial charge on any atom is -0.301 e. The number of hydrogen-bond donors (Lipinski definition) is 2. The first-order chi connectivity index (χ1) is 5.47. The molecule has 0 fully saturated rings. The van der Waals surface area contributed by atoms with Gasteiger partial charge >= 0.3 is 0 Å². The lowest BCUT2D eigenvalue weighted by Gasteiger charge is -2.05. The summed E-state index contributed by atoms with van der Waals surface area (Å²) in [5, 5.41) is 0. The van der Waals surface area contributed by atoms with Crippen molar-refractivity contribution in [3.05, 3.63) is 42.1 Å². The number of allylic oxidation sites excluding steroid dienone is 1. The van der Waals surface area contributed by atoms with Crippen LogP contribution in [0.15, 0.2) is 30.3 Å². The molecule has 0 bridgehead atoms. The third-order valence-electron chi connectivity index (χ3n) is 1.71. The second-order valence-corrected chi connectivity index (χ2v) is 2.46. The van der Waals surface area contributed by atoms with Gasteiger partial charge in [0.15, 0.2) is 0 Å². The summed E-state index contributed by atoms with van der Waals surface area (Å²) >= 11 is 0. The number of nitrogens with one attached hydrogen (secondary N) is 2. The fraction of sp³-hybridized carbons (Fsp3) is 0.111. The van der Waals surface area contributed by atoms with Gasteiger partial charge in [-0.2, -0.15) is 0 Å². The molecule has 1 aromatic rings. The van der Waals surface area contributed by atoms with E-state index in [1.807, 2.05) is 24.3 Å². The minimum atomic E-state index is 0.941. The van der Waals surface area contributed by atoms with Crippen LogP contribution in [-0.2, 0) is 6.42 Å². The summed E-state index contributed by atoms with van der Waals surface area (Å²) in [6, 6.07) is 8.20. The maximum Gasteiger partial charge on any atom is 0.0749 e. The molecular weight excluding hydrogens is 136 g/mol. The first kappa shape index (κ1) is 6.28. The summed E-state index contributed by atoms with van der Waals surface area (Å²) in [6.45, 7) is 0. The molecule has 2 N–H and O–H groups in total. The third-order valence-corrected chi connectivity index (χ3v) is 1.71. The van der Waals surface area contributed by atoms with Crippen LogP contribution in [0, 0.1) is 6.20 Å². The van der Waals surface area contributed by atoms with Crippen molar-refractivity contribution >= 4 is 5.69 Å². The Morgan fingerprint density at radius 2 is 2.18 bits per heavy atom. The average molecular weight is 145 g/mol. The van der Waals surface area contributed by atoms with Gasteiger partial charge in [-0.15, -0.1) is 0 Å². The number of hydrogen-bond acceptors (Lipinski definition) is 2. The van der Waals surface area contributed by atoms with Crippen molar-refractivity contribution < 1.29 is 0 Å². The van der Waals surface area contributed by atoms with Crippen LogP contribution in [0.4, 0.5) is 5.69 Å². The van der Waals surface area contributed by atoms with E-state index in [-0.39, 0.29) is 0 Å². The molecular formula is C9H9N2. The Balaban J connectivity index is 2.40. The Kier molecular flexibility index (Phi) is 1.52. The number of para-hydroxylation sites is 1. The van der Waals surface area contributed by atoms with Gasteiger partial charge in [-0.05, 0) is 18.1 Å². The molecule has 55 valence electrons. The molecule has 0 unspecified atom stereocenters. The summed E-state index contributed by atoms with van der Waals surface area (Å²) in [5.41, 5.74) is 8.31. The molecule has 0 spiro atoms. The SMILES string of the molecule is [C]1=CCc2ccccc2NN1. The highest BCUT2D eigenvalue weighted by Crippen LogP contribution is 2.15. The van der Waals surface area contributed by atoms with Crippen LogP contribution in [0.3, 0.4) is 0 Å². The van der Waals surface area contributed by atoms with Crippen LogP contribution in [0.25, 0.3) is 0 Å². The Labute approximate surface area is 65.9 Å². The van der Waals surface area contributed by atoms with Gasteiger partial charge in [0.25, 0.3) is 0 Å². The summed E-state index contributed by atoms with van der Waals surface area (Å²) in [5.74, 6) is 0. The van der Waals surface area contributed by atoms with Gasteiger partial charge in [-0.3, -0.25) is 5.43 Å². The second kappa shape index (κ2) is 2.66. The van der Waals surface area contributed by atoms with Gasteiger partial charge in [0.2, 0.25) is 0 Å². The quantitative estimate of drug-likeness (QED) is 0.577. The molecule has 1 aromatic carbocycles. The van der Waals surface area contributed by atoms with E-state index in [1.165, 1.54) is 5.56 Å². The van der Waals surface area contributed by atoms with Crippen LogP contribution in [-0.4, -0.2) is 0 Å².